The van der Waals surface area contributed by atoms with Crippen molar-refractivity contribution in [1.82, 2.24) is 4.72 Å². The second kappa shape index (κ2) is 9.84. The van der Waals surface area contributed by atoms with Crippen LogP contribution in [0.15, 0.2) is 51.8 Å². The summed E-state index contributed by atoms with van der Waals surface area (Å²) in [6, 6.07) is 11.2. The van der Waals surface area contributed by atoms with E-state index in [0.29, 0.717) is 22.5 Å². The van der Waals surface area contributed by atoms with E-state index in [4.69, 9.17) is 9.47 Å². The van der Waals surface area contributed by atoms with E-state index in [2.05, 4.69) is 26.0 Å². The van der Waals surface area contributed by atoms with Crippen LogP contribution in [-0.2, 0) is 14.8 Å². The Bertz CT molecular complexity index is 902. The van der Waals surface area contributed by atoms with Crippen LogP contribution in [0, 0.1) is 0 Å². The minimum Gasteiger partial charge on any atom is -0.494 e. The molecular weight excluding hydrogens is 436 g/mol. The number of sulfonamides is 1. The van der Waals surface area contributed by atoms with E-state index in [-0.39, 0.29) is 23.6 Å². The number of methoxy groups -OCH3 is 1. The van der Waals surface area contributed by atoms with Gasteiger partial charge in [0.25, 0.3) is 5.91 Å². The van der Waals surface area contributed by atoms with Gasteiger partial charge < -0.3 is 14.8 Å². The maximum absolute atomic E-state index is 12.6. The molecule has 0 spiro atoms. The Morgan fingerprint density at radius 3 is 2.67 bits per heavy atom. The fraction of sp³-hybridized carbons (Fsp3) is 0.278. The molecular formula is C18H21BrN2O5S. The van der Waals surface area contributed by atoms with Gasteiger partial charge in [-0.25, -0.2) is 13.1 Å². The lowest BCUT2D eigenvalue weighted by Gasteiger charge is -2.11. The number of benzene rings is 2. The van der Waals surface area contributed by atoms with Gasteiger partial charge in [0, 0.05) is 29.9 Å². The highest BCUT2D eigenvalue weighted by Gasteiger charge is 2.18. The molecule has 0 atom stereocenters. The van der Waals surface area contributed by atoms with Crippen LogP contribution in [0.1, 0.15) is 17.3 Å². The molecule has 0 aliphatic heterocycles. The van der Waals surface area contributed by atoms with Gasteiger partial charge in [0.1, 0.15) is 5.75 Å². The maximum Gasteiger partial charge on any atom is 0.256 e. The minimum atomic E-state index is -3.74. The molecule has 0 saturated heterocycles. The van der Waals surface area contributed by atoms with Crippen molar-refractivity contribution in [3.63, 3.8) is 0 Å². The summed E-state index contributed by atoms with van der Waals surface area (Å²) < 4.78 is 37.8. The number of nitrogens with one attached hydrogen (secondary N) is 2. The van der Waals surface area contributed by atoms with Gasteiger partial charge in [-0.05, 0) is 53.2 Å². The van der Waals surface area contributed by atoms with Crippen molar-refractivity contribution in [1.29, 1.82) is 0 Å². The van der Waals surface area contributed by atoms with Gasteiger partial charge in [0.2, 0.25) is 10.0 Å². The number of rotatable bonds is 9. The van der Waals surface area contributed by atoms with Crippen molar-refractivity contribution in [3.8, 4) is 5.75 Å². The molecule has 0 radical (unpaired) electrons. The molecule has 146 valence electrons. The third kappa shape index (κ3) is 6.03. The highest BCUT2D eigenvalue weighted by atomic mass is 79.9. The summed E-state index contributed by atoms with van der Waals surface area (Å²) in [7, 11) is -2.26. The monoisotopic (exact) mass is 456 g/mol. The van der Waals surface area contributed by atoms with E-state index in [0.717, 1.165) is 0 Å². The van der Waals surface area contributed by atoms with Gasteiger partial charge >= 0.3 is 0 Å². The first-order valence-corrected chi connectivity index (χ1v) is 10.5. The Balaban J connectivity index is 2.22. The lowest BCUT2D eigenvalue weighted by molar-refractivity contribution is 0.102. The van der Waals surface area contributed by atoms with Crippen molar-refractivity contribution in [3.05, 3.63) is 52.5 Å². The Labute approximate surface area is 167 Å². The molecule has 0 heterocycles. The van der Waals surface area contributed by atoms with Crippen LogP contribution >= 0.6 is 15.9 Å². The van der Waals surface area contributed by atoms with E-state index in [1.165, 1.54) is 25.3 Å². The van der Waals surface area contributed by atoms with Crippen molar-refractivity contribution in [2.75, 3.05) is 32.2 Å². The van der Waals surface area contributed by atoms with E-state index in [1.807, 2.05) is 6.92 Å². The van der Waals surface area contributed by atoms with Gasteiger partial charge in [0.15, 0.2) is 0 Å². The second-order valence-electron chi connectivity index (χ2n) is 5.45. The zero-order valence-electron chi connectivity index (χ0n) is 15.0. The minimum absolute atomic E-state index is 0.00461. The summed E-state index contributed by atoms with van der Waals surface area (Å²) in [5, 5.41) is 2.74. The van der Waals surface area contributed by atoms with E-state index >= 15 is 0 Å². The standard InChI is InChI=1S/C18H21BrN2O5S/c1-3-26-14-6-4-5-13(11-14)21-18(22)16-12-15(7-8-17(16)19)27(23,24)20-9-10-25-2/h4-8,11-12,20H,3,9-10H2,1-2H3,(H,21,22). The molecule has 2 aromatic carbocycles. The average molecular weight is 457 g/mol. The Morgan fingerprint density at radius 2 is 1.96 bits per heavy atom. The first-order valence-electron chi connectivity index (χ1n) is 8.19. The van der Waals surface area contributed by atoms with Crippen molar-refractivity contribution < 1.29 is 22.7 Å². The summed E-state index contributed by atoms with van der Waals surface area (Å²) in [6.07, 6.45) is 0. The maximum atomic E-state index is 12.6. The van der Waals surface area contributed by atoms with Gasteiger partial charge in [-0.15, -0.1) is 0 Å². The zero-order chi connectivity index (χ0) is 19.9. The molecule has 27 heavy (non-hydrogen) atoms. The molecule has 0 bridgehead atoms. The van der Waals surface area contributed by atoms with Crippen molar-refractivity contribution >= 4 is 37.5 Å². The number of carbonyl (C=O) groups excluding carboxylic acids is 1. The number of anilines is 1. The number of carbonyl (C=O) groups is 1. The number of amides is 1. The van der Waals surface area contributed by atoms with Crippen molar-refractivity contribution in [2.45, 2.75) is 11.8 Å². The Hall–Kier alpha value is -1.94. The summed E-state index contributed by atoms with van der Waals surface area (Å²) in [5.74, 6) is 0.192. The molecule has 0 aromatic heterocycles. The molecule has 2 aromatic rings. The highest BCUT2D eigenvalue weighted by molar-refractivity contribution is 9.10. The topological polar surface area (TPSA) is 93.7 Å². The number of ether oxygens (including phenoxy) is 2. The first kappa shape index (κ1) is 21.4. The van der Waals surface area contributed by atoms with Crippen molar-refractivity contribution in [2.24, 2.45) is 0 Å². The smallest absolute Gasteiger partial charge is 0.256 e. The molecule has 1 amide bonds. The van der Waals surface area contributed by atoms with Crippen LogP contribution in [0.2, 0.25) is 0 Å². The average Bonchev–Trinajstić information content (AvgIpc) is 2.62. The fourth-order valence-corrected chi connectivity index (χ4v) is 3.70. The highest BCUT2D eigenvalue weighted by Crippen LogP contribution is 2.23. The van der Waals surface area contributed by atoms with E-state index < -0.39 is 15.9 Å². The molecule has 7 nitrogen and oxygen atoms in total. The van der Waals surface area contributed by atoms with Crippen LogP contribution in [0.3, 0.4) is 0 Å². The predicted molar refractivity (Wildman–Crippen MR) is 107 cm³/mol. The summed E-state index contributed by atoms with van der Waals surface area (Å²) in [6.45, 7) is 2.77. The zero-order valence-corrected chi connectivity index (χ0v) is 17.4. The van der Waals surface area contributed by atoms with Crippen LogP contribution in [0.4, 0.5) is 5.69 Å². The van der Waals surface area contributed by atoms with Gasteiger partial charge in [-0.3, -0.25) is 4.79 Å². The lowest BCUT2D eigenvalue weighted by Crippen LogP contribution is -2.27. The third-order valence-corrected chi connectivity index (χ3v) is 5.64. The third-order valence-electron chi connectivity index (χ3n) is 3.49. The molecule has 9 heteroatoms. The second-order valence-corrected chi connectivity index (χ2v) is 8.07. The first-order chi connectivity index (χ1) is 12.9. The largest absolute Gasteiger partial charge is 0.494 e. The molecule has 2 rings (SSSR count). The molecule has 2 N–H and O–H groups in total. The molecule has 0 aliphatic carbocycles. The Morgan fingerprint density at radius 1 is 1.19 bits per heavy atom. The fourth-order valence-electron chi connectivity index (χ4n) is 2.24. The Kier molecular flexibility index (Phi) is 7.78. The number of hydrogen-bond acceptors (Lipinski definition) is 5. The van der Waals surface area contributed by atoms with E-state index in [9.17, 15) is 13.2 Å². The van der Waals surface area contributed by atoms with E-state index in [1.54, 1.807) is 24.3 Å². The van der Waals surface area contributed by atoms with Gasteiger partial charge in [-0.1, -0.05) is 6.07 Å². The van der Waals surface area contributed by atoms with Crippen LogP contribution in [0.25, 0.3) is 0 Å². The lowest BCUT2D eigenvalue weighted by atomic mass is 10.2. The molecule has 0 unspecified atom stereocenters. The van der Waals surface area contributed by atoms with Gasteiger partial charge in [0.05, 0.1) is 23.7 Å². The van der Waals surface area contributed by atoms with Crippen LogP contribution in [-0.4, -0.2) is 41.2 Å². The number of halogens is 1. The molecule has 0 saturated carbocycles. The normalized spacial score (nSPS) is 11.2. The quantitative estimate of drug-likeness (QED) is 0.565. The summed E-state index contributed by atoms with van der Waals surface area (Å²) in [4.78, 5) is 12.6. The summed E-state index contributed by atoms with van der Waals surface area (Å²) in [5.41, 5.74) is 0.746. The summed E-state index contributed by atoms with van der Waals surface area (Å²) >= 11 is 3.29. The van der Waals surface area contributed by atoms with Crippen LogP contribution < -0.4 is 14.8 Å². The SMILES string of the molecule is CCOc1cccc(NC(=O)c2cc(S(=O)(=O)NCCOC)ccc2Br)c1. The molecule has 0 fully saturated rings. The van der Waals surface area contributed by atoms with Crippen LogP contribution in [0.5, 0.6) is 5.75 Å². The van der Waals surface area contributed by atoms with Gasteiger partial charge in [-0.2, -0.15) is 0 Å². The number of hydrogen-bond donors (Lipinski definition) is 2. The predicted octanol–water partition coefficient (Wildman–Crippen LogP) is 3.02. The molecule has 0 aliphatic rings.